The first-order valence-corrected chi connectivity index (χ1v) is 19.8. The third kappa shape index (κ3) is 9.87. The van der Waals surface area contributed by atoms with E-state index < -0.39 is 29.5 Å². The number of nitrogens with zero attached hydrogens (tertiary/aromatic N) is 2. The molecule has 3 aromatic carbocycles. The van der Waals surface area contributed by atoms with Crippen molar-refractivity contribution in [3.63, 3.8) is 0 Å². The van der Waals surface area contributed by atoms with E-state index in [0.717, 1.165) is 79.1 Å². The minimum atomic E-state index is -0.784. The predicted octanol–water partition coefficient (Wildman–Crippen LogP) is 7.74. The number of benzene rings is 3. The highest BCUT2D eigenvalue weighted by Gasteiger charge is 2.34. The first kappa shape index (κ1) is 40.7. The molecule has 0 spiro atoms. The number of methoxy groups -OCH3 is 1. The smallest absolute Gasteiger partial charge is 0.337 e. The van der Waals surface area contributed by atoms with Gasteiger partial charge in [-0.1, -0.05) is 24.3 Å². The summed E-state index contributed by atoms with van der Waals surface area (Å²) in [7, 11) is 1.29. The van der Waals surface area contributed by atoms with Crippen molar-refractivity contribution in [2.75, 3.05) is 43.9 Å². The molecule has 1 aliphatic carbocycles. The summed E-state index contributed by atoms with van der Waals surface area (Å²) >= 11 is 1.37. The quantitative estimate of drug-likeness (QED) is 0.111. The number of halogens is 2. The Kier molecular flexibility index (Phi) is 13.0. The standard InChI is InChI=1S/C43H48F2N4O6S/c1-43(2)26-48(19-7-12-37(50)51)20-21-49(43)25-28-8-6-9-30(22-28)39(52)47-41-38(33-10-4-5-11-36(33)56-41)40(53)46-31-23-34(44)32(35(45)24-31)18-15-27-13-16-29(17-14-27)42(54)55-3/h6,8-9,13-14,16-17,22-24H,4-5,7,10-12,15,18-21,25-26H2,1-3H3,(H,46,53)(H,47,52)(H,50,51). The van der Waals surface area contributed by atoms with Crippen molar-refractivity contribution in [2.45, 2.75) is 77.3 Å². The summed E-state index contributed by atoms with van der Waals surface area (Å²) in [4.78, 5) is 56.0. The third-order valence-corrected chi connectivity index (χ3v) is 11.9. The van der Waals surface area contributed by atoms with Gasteiger partial charge >= 0.3 is 11.9 Å². The molecule has 10 nitrogen and oxygen atoms in total. The molecule has 0 bridgehead atoms. The SMILES string of the molecule is COC(=O)c1ccc(CCc2c(F)cc(NC(=O)c3c(NC(=O)c4cccc(CN5CCN(CCCC(=O)O)CC5(C)C)c4)sc4c3CCCC4)cc2F)cc1. The third-order valence-electron chi connectivity index (χ3n) is 10.6. The van der Waals surface area contributed by atoms with E-state index in [2.05, 4.69) is 34.3 Å². The number of carbonyl (C=O) groups is 4. The van der Waals surface area contributed by atoms with Crippen molar-refractivity contribution in [1.29, 1.82) is 0 Å². The lowest BCUT2D eigenvalue weighted by atomic mass is 9.95. The molecule has 4 aromatic rings. The molecule has 1 fully saturated rings. The van der Waals surface area contributed by atoms with Gasteiger partial charge in [0, 0.05) is 59.8 Å². The number of hydrogen-bond acceptors (Lipinski definition) is 8. The van der Waals surface area contributed by atoms with Crippen LogP contribution in [0.15, 0.2) is 60.7 Å². The average Bonchev–Trinajstić information content (AvgIpc) is 3.53. The number of piperazine rings is 1. The van der Waals surface area contributed by atoms with Gasteiger partial charge in [-0.15, -0.1) is 11.3 Å². The van der Waals surface area contributed by atoms with Crippen molar-refractivity contribution in [1.82, 2.24) is 9.80 Å². The van der Waals surface area contributed by atoms with Gasteiger partial charge in [0.25, 0.3) is 11.8 Å². The minimum absolute atomic E-state index is 0.0269. The molecule has 13 heteroatoms. The fourth-order valence-electron chi connectivity index (χ4n) is 7.63. The topological polar surface area (TPSA) is 128 Å². The molecule has 6 rings (SSSR count). The van der Waals surface area contributed by atoms with E-state index in [1.54, 1.807) is 30.3 Å². The van der Waals surface area contributed by atoms with Crippen LogP contribution in [-0.4, -0.2) is 77.5 Å². The molecule has 2 heterocycles. The van der Waals surface area contributed by atoms with Crippen molar-refractivity contribution in [2.24, 2.45) is 0 Å². The number of carboxylic acids is 1. The minimum Gasteiger partial charge on any atom is -0.481 e. The van der Waals surface area contributed by atoms with Crippen LogP contribution in [0.2, 0.25) is 0 Å². The van der Waals surface area contributed by atoms with Crippen molar-refractivity contribution >= 4 is 45.8 Å². The van der Waals surface area contributed by atoms with Crippen LogP contribution >= 0.6 is 11.3 Å². The van der Waals surface area contributed by atoms with Gasteiger partial charge in [-0.3, -0.25) is 19.3 Å². The maximum absolute atomic E-state index is 15.3. The highest BCUT2D eigenvalue weighted by molar-refractivity contribution is 7.17. The molecule has 0 unspecified atom stereocenters. The number of fused-ring (bicyclic) bond motifs is 1. The Morgan fingerprint density at radius 1 is 0.875 bits per heavy atom. The second-order valence-corrected chi connectivity index (χ2v) is 16.2. The molecule has 56 heavy (non-hydrogen) atoms. The summed E-state index contributed by atoms with van der Waals surface area (Å²) in [5, 5.41) is 15.1. The summed E-state index contributed by atoms with van der Waals surface area (Å²) in [6.45, 7) is 8.16. The van der Waals surface area contributed by atoms with Crippen LogP contribution in [0.5, 0.6) is 0 Å². The van der Waals surface area contributed by atoms with Crippen LogP contribution in [0.4, 0.5) is 19.5 Å². The van der Waals surface area contributed by atoms with E-state index in [-0.39, 0.29) is 35.5 Å². The van der Waals surface area contributed by atoms with Crippen LogP contribution in [-0.2, 0) is 41.8 Å². The van der Waals surface area contributed by atoms with Gasteiger partial charge in [0.05, 0.1) is 18.2 Å². The Bertz CT molecular complexity index is 2080. The van der Waals surface area contributed by atoms with Gasteiger partial charge in [-0.2, -0.15) is 0 Å². The number of hydrogen-bond donors (Lipinski definition) is 3. The Morgan fingerprint density at radius 2 is 1.61 bits per heavy atom. The van der Waals surface area contributed by atoms with Crippen LogP contribution in [0.25, 0.3) is 0 Å². The maximum atomic E-state index is 15.3. The highest BCUT2D eigenvalue weighted by atomic mass is 32.1. The molecule has 0 saturated carbocycles. The molecule has 1 aromatic heterocycles. The summed E-state index contributed by atoms with van der Waals surface area (Å²) in [5.74, 6) is -3.72. The Morgan fingerprint density at radius 3 is 2.30 bits per heavy atom. The number of aliphatic carboxylic acids is 1. The summed E-state index contributed by atoms with van der Waals surface area (Å²) in [6, 6.07) is 16.3. The lowest BCUT2D eigenvalue weighted by Gasteiger charge is -2.47. The number of anilines is 2. The van der Waals surface area contributed by atoms with E-state index in [9.17, 15) is 19.2 Å². The van der Waals surface area contributed by atoms with Gasteiger partial charge in [-0.05, 0) is 118 Å². The van der Waals surface area contributed by atoms with Gasteiger partial charge in [0.1, 0.15) is 16.6 Å². The number of thiophene rings is 1. The van der Waals surface area contributed by atoms with Crippen LogP contribution in [0.3, 0.4) is 0 Å². The van der Waals surface area contributed by atoms with E-state index in [0.29, 0.717) is 47.5 Å². The second kappa shape index (κ2) is 17.9. The van der Waals surface area contributed by atoms with E-state index >= 15 is 8.78 Å². The Balaban J connectivity index is 1.12. The number of ether oxygens (including phenoxy) is 1. The normalized spacial score (nSPS) is 15.5. The zero-order chi connectivity index (χ0) is 40.0. The van der Waals surface area contributed by atoms with Crippen molar-refractivity contribution in [3.05, 3.63) is 116 Å². The Hall–Kier alpha value is -4.98. The number of aryl methyl sites for hydroxylation is 2. The van der Waals surface area contributed by atoms with Crippen molar-refractivity contribution in [3.8, 4) is 0 Å². The zero-order valence-corrected chi connectivity index (χ0v) is 32.8. The molecule has 3 N–H and O–H groups in total. The summed E-state index contributed by atoms with van der Waals surface area (Å²) in [6.07, 6.45) is 4.46. The van der Waals surface area contributed by atoms with Crippen LogP contribution in [0.1, 0.15) is 97.7 Å². The van der Waals surface area contributed by atoms with Gasteiger partial charge in [0.15, 0.2) is 0 Å². The first-order valence-electron chi connectivity index (χ1n) is 19.0. The predicted molar refractivity (Wildman–Crippen MR) is 213 cm³/mol. The molecule has 0 radical (unpaired) electrons. The monoisotopic (exact) mass is 786 g/mol. The number of rotatable bonds is 14. The molecule has 0 atom stereocenters. The van der Waals surface area contributed by atoms with E-state index in [1.807, 2.05) is 18.2 Å². The fraction of sp³-hybridized carbons (Fsp3) is 0.395. The molecule has 296 valence electrons. The number of carbonyl (C=O) groups excluding carboxylic acids is 3. The summed E-state index contributed by atoms with van der Waals surface area (Å²) in [5.41, 5.74) is 3.46. The zero-order valence-electron chi connectivity index (χ0n) is 32.0. The molecule has 2 amide bonds. The fourth-order valence-corrected chi connectivity index (χ4v) is 8.91. The van der Waals surface area contributed by atoms with Gasteiger partial charge in [0.2, 0.25) is 0 Å². The molecule has 2 aliphatic rings. The Labute approximate surface area is 329 Å². The molecule has 1 aliphatic heterocycles. The highest BCUT2D eigenvalue weighted by Crippen LogP contribution is 2.39. The number of nitrogens with one attached hydrogen (secondary N) is 2. The largest absolute Gasteiger partial charge is 0.481 e. The van der Waals surface area contributed by atoms with E-state index in [4.69, 9.17) is 9.84 Å². The van der Waals surface area contributed by atoms with Crippen LogP contribution < -0.4 is 10.6 Å². The average molecular weight is 787 g/mol. The van der Waals surface area contributed by atoms with Crippen molar-refractivity contribution < 1.29 is 37.8 Å². The number of carboxylic acid groups (broad SMARTS) is 1. The van der Waals surface area contributed by atoms with Gasteiger partial charge < -0.3 is 25.4 Å². The number of amides is 2. The van der Waals surface area contributed by atoms with Crippen LogP contribution in [0, 0.1) is 11.6 Å². The molecule has 1 saturated heterocycles. The van der Waals surface area contributed by atoms with E-state index in [1.165, 1.54) is 18.4 Å². The lowest BCUT2D eigenvalue weighted by molar-refractivity contribution is -0.137. The number of esters is 1. The lowest BCUT2D eigenvalue weighted by Crippen LogP contribution is -2.58. The molecular weight excluding hydrogens is 739 g/mol. The molecular formula is C43H48F2N4O6S. The van der Waals surface area contributed by atoms with Gasteiger partial charge in [-0.25, -0.2) is 13.6 Å². The summed E-state index contributed by atoms with van der Waals surface area (Å²) < 4.78 is 35.3. The first-order chi connectivity index (χ1) is 26.8. The maximum Gasteiger partial charge on any atom is 0.337 e. The second-order valence-electron chi connectivity index (χ2n) is 15.1.